The monoisotopic (exact) mass is 392 g/mol. The number of amides is 1. The predicted octanol–water partition coefficient (Wildman–Crippen LogP) is 4.61. The number of anilines is 3. The van der Waals surface area contributed by atoms with Crippen LogP contribution in [-0.4, -0.2) is 30.1 Å². The van der Waals surface area contributed by atoms with E-state index in [0.717, 1.165) is 0 Å². The van der Waals surface area contributed by atoms with Crippen molar-refractivity contribution in [2.45, 2.75) is 19.8 Å². The molecule has 1 heterocycles. The lowest BCUT2D eigenvalue weighted by atomic mass is 10.0. The molecule has 1 aromatic heterocycles. The summed E-state index contributed by atoms with van der Waals surface area (Å²) >= 11 is 0. The van der Waals surface area contributed by atoms with Crippen LogP contribution in [0.4, 0.5) is 17.3 Å². The summed E-state index contributed by atoms with van der Waals surface area (Å²) in [5.74, 6) is 1.66. The Labute approximate surface area is 170 Å². The first-order valence-corrected chi connectivity index (χ1v) is 9.23. The van der Waals surface area contributed by atoms with Crippen LogP contribution in [0.25, 0.3) is 0 Å². The summed E-state index contributed by atoms with van der Waals surface area (Å²) < 4.78 is 10.6. The second kappa shape index (κ2) is 9.05. The van der Waals surface area contributed by atoms with E-state index in [9.17, 15) is 4.79 Å². The number of nitrogens with zero attached hydrogens (tertiary/aromatic N) is 2. The molecule has 0 radical (unpaired) electrons. The van der Waals surface area contributed by atoms with Crippen molar-refractivity contribution >= 4 is 23.2 Å². The Kier molecular flexibility index (Phi) is 6.29. The highest BCUT2D eigenvalue weighted by molar-refractivity contribution is 6.03. The number of carbonyl (C=O) groups excluding carboxylic acids is 1. The Balaban J connectivity index is 1.74. The van der Waals surface area contributed by atoms with Crippen LogP contribution < -0.4 is 20.1 Å². The molecule has 0 bridgehead atoms. The minimum atomic E-state index is -0.311. The van der Waals surface area contributed by atoms with Gasteiger partial charge in [-0.2, -0.15) is 0 Å². The summed E-state index contributed by atoms with van der Waals surface area (Å²) in [6.45, 7) is 4.25. The van der Waals surface area contributed by atoms with Gasteiger partial charge < -0.3 is 20.1 Å². The molecule has 2 aromatic carbocycles. The van der Waals surface area contributed by atoms with Crippen molar-refractivity contribution in [1.29, 1.82) is 0 Å². The van der Waals surface area contributed by atoms with Gasteiger partial charge >= 0.3 is 0 Å². The molecular formula is C22H24N4O3. The molecule has 7 heteroatoms. The molecular weight excluding hydrogens is 368 g/mol. The molecule has 150 valence electrons. The number of methoxy groups -OCH3 is 2. The summed E-state index contributed by atoms with van der Waals surface area (Å²) in [5, 5.41) is 5.93. The first kappa shape index (κ1) is 20.1. The van der Waals surface area contributed by atoms with Gasteiger partial charge in [0, 0.05) is 18.0 Å². The maximum absolute atomic E-state index is 12.6. The summed E-state index contributed by atoms with van der Waals surface area (Å²) in [6.07, 6.45) is 1.53. The van der Waals surface area contributed by atoms with Crippen molar-refractivity contribution in [3.05, 3.63) is 66.0 Å². The third-order valence-corrected chi connectivity index (χ3v) is 4.38. The molecule has 0 aliphatic carbocycles. The van der Waals surface area contributed by atoms with Crippen molar-refractivity contribution in [3.8, 4) is 11.5 Å². The smallest absolute Gasteiger partial charge is 0.274 e. The van der Waals surface area contributed by atoms with Gasteiger partial charge in [-0.05, 0) is 41.8 Å². The fraction of sp³-hybridized carbons (Fsp3) is 0.227. The molecule has 7 nitrogen and oxygen atoms in total. The molecule has 3 rings (SSSR count). The summed E-state index contributed by atoms with van der Waals surface area (Å²) in [7, 11) is 3.15. The lowest BCUT2D eigenvalue weighted by Crippen LogP contribution is -2.14. The number of ether oxygens (including phenoxy) is 2. The molecule has 0 saturated carbocycles. The van der Waals surface area contributed by atoms with Crippen LogP contribution >= 0.6 is 0 Å². The van der Waals surface area contributed by atoms with Gasteiger partial charge in [-0.15, -0.1) is 0 Å². The number of hydrogen-bond donors (Lipinski definition) is 2. The van der Waals surface area contributed by atoms with Crippen LogP contribution in [-0.2, 0) is 0 Å². The molecule has 2 N–H and O–H groups in total. The van der Waals surface area contributed by atoms with E-state index >= 15 is 0 Å². The van der Waals surface area contributed by atoms with E-state index in [1.807, 2.05) is 24.3 Å². The minimum Gasteiger partial charge on any atom is -0.497 e. The van der Waals surface area contributed by atoms with Gasteiger partial charge in [0.05, 0.1) is 19.9 Å². The van der Waals surface area contributed by atoms with Crippen molar-refractivity contribution < 1.29 is 14.3 Å². The fourth-order valence-corrected chi connectivity index (χ4v) is 2.71. The Hall–Kier alpha value is -3.61. The third kappa shape index (κ3) is 5.01. The molecule has 0 aliphatic rings. The molecule has 1 amide bonds. The molecule has 29 heavy (non-hydrogen) atoms. The number of rotatable bonds is 7. The minimum absolute atomic E-state index is 0.253. The van der Waals surface area contributed by atoms with Gasteiger partial charge in [0.1, 0.15) is 17.2 Å². The third-order valence-electron chi connectivity index (χ3n) is 4.38. The summed E-state index contributed by atoms with van der Waals surface area (Å²) in [4.78, 5) is 21.1. The standard InChI is InChI=1S/C22H24N4O3/c1-14(2)15-5-7-16(8-6-15)24-21(27)19-11-12-23-22(26-19)25-18-10-9-17(28-3)13-20(18)29-4/h5-14H,1-4H3,(H,24,27)(H,23,25,26). The highest BCUT2D eigenvalue weighted by Gasteiger charge is 2.12. The molecule has 0 atom stereocenters. The average Bonchev–Trinajstić information content (AvgIpc) is 2.74. The van der Waals surface area contributed by atoms with Gasteiger partial charge in [0.25, 0.3) is 5.91 Å². The zero-order valence-electron chi connectivity index (χ0n) is 16.9. The van der Waals surface area contributed by atoms with Gasteiger partial charge in [0.2, 0.25) is 5.95 Å². The van der Waals surface area contributed by atoms with Crippen LogP contribution in [0, 0.1) is 0 Å². The van der Waals surface area contributed by atoms with Crippen molar-refractivity contribution in [2.24, 2.45) is 0 Å². The van der Waals surface area contributed by atoms with E-state index in [4.69, 9.17) is 9.47 Å². The zero-order valence-corrected chi connectivity index (χ0v) is 16.9. The van der Waals surface area contributed by atoms with Crippen LogP contribution in [0.3, 0.4) is 0 Å². The van der Waals surface area contributed by atoms with E-state index < -0.39 is 0 Å². The molecule has 0 saturated heterocycles. The maximum Gasteiger partial charge on any atom is 0.274 e. The molecule has 0 spiro atoms. The average molecular weight is 392 g/mol. The molecule has 0 unspecified atom stereocenters. The second-order valence-electron chi connectivity index (χ2n) is 6.69. The quantitative estimate of drug-likeness (QED) is 0.611. The lowest BCUT2D eigenvalue weighted by Gasteiger charge is -2.12. The van der Waals surface area contributed by atoms with Crippen LogP contribution in [0.5, 0.6) is 11.5 Å². The Bertz CT molecular complexity index is 988. The number of nitrogens with one attached hydrogen (secondary N) is 2. The maximum atomic E-state index is 12.6. The largest absolute Gasteiger partial charge is 0.497 e. The van der Waals surface area contributed by atoms with E-state index in [-0.39, 0.29) is 17.5 Å². The SMILES string of the molecule is COc1ccc(Nc2nccc(C(=O)Nc3ccc(C(C)C)cc3)n2)c(OC)c1. The van der Waals surface area contributed by atoms with E-state index in [2.05, 4.69) is 34.4 Å². The first-order valence-electron chi connectivity index (χ1n) is 9.23. The predicted molar refractivity (Wildman–Crippen MR) is 113 cm³/mol. The van der Waals surface area contributed by atoms with Crippen molar-refractivity contribution in [2.75, 3.05) is 24.9 Å². The highest BCUT2D eigenvalue weighted by Crippen LogP contribution is 2.30. The van der Waals surface area contributed by atoms with Gasteiger partial charge in [-0.3, -0.25) is 4.79 Å². The van der Waals surface area contributed by atoms with Crippen molar-refractivity contribution in [3.63, 3.8) is 0 Å². The van der Waals surface area contributed by atoms with Crippen molar-refractivity contribution in [1.82, 2.24) is 9.97 Å². The van der Waals surface area contributed by atoms with E-state index in [0.29, 0.717) is 28.8 Å². The number of aromatic nitrogens is 2. The van der Waals surface area contributed by atoms with Gasteiger partial charge in [-0.25, -0.2) is 9.97 Å². The van der Waals surface area contributed by atoms with Crippen LogP contribution in [0.1, 0.15) is 35.8 Å². The molecule has 0 aliphatic heterocycles. The van der Waals surface area contributed by atoms with Crippen LogP contribution in [0.15, 0.2) is 54.7 Å². The molecule has 0 fully saturated rings. The van der Waals surface area contributed by atoms with E-state index in [1.54, 1.807) is 38.5 Å². The topological polar surface area (TPSA) is 85.4 Å². The Morgan fingerprint density at radius 3 is 2.41 bits per heavy atom. The summed E-state index contributed by atoms with van der Waals surface area (Å²) in [5.41, 5.74) is 2.84. The van der Waals surface area contributed by atoms with Crippen LogP contribution in [0.2, 0.25) is 0 Å². The second-order valence-corrected chi connectivity index (χ2v) is 6.69. The molecule has 3 aromatic rings. The number of carbonyl (C=O) groups is 1. The normalized spacial score (nSPS) is 10.5. The number of hydrogen-bond acceptors (Lipinski definition) is 6. The Morgan fingerprint density at radius 1 is 1.00 bits per heavy atom. The van der Waals surface area contributed by atoms with E-state index in [1.165, 1.54) is 11.8 Å². The zero-order chi connectivity index (χ0) is 20.8. The Morgan fingerprint density at radius 2 is 1.76 bits per heavy atom. The fourth-order valence-electron chi connectivity index (χ4n) is 2.71. The van der Waals surface area contributed by atoms with Gasteiger partial charge in [-0.1, -0.05) is 26.0 Å². The first-order chi connectivity index (χ1) is 14.0. The highest BCUT2D eigenvalue weighted by atomic mass is 16.5. The van der Waals surface area contributed by atoms with Gasteiger partial charge in [0.15, 0.2) is 0 Å². The summed E-state index contributed by atoms with van der Waals surface area (Å²) in [6, 6.07) is 14.7. The lowest BCUT2D eigenvalue weighted by molar-refractivity contribution is 0.102. The number of benzene rings is 2.